The Balaban J connectivity index is 0.850. The SMILES string of the molecule is CNCC(C)(C=N)c1cc2c(cc1C(F)F)N(C(=N)C1=C(NC3CCN(C(=O)CN4CCN(CCc5cccc6c5C(=O)N(C5CCC(=O)NC5=O)C6=O)CC4)CC3)CCN(C(C)=O)C1)CCC2. The van der Waals surface area contributed by atoms with Gasteiger partial charge in [-0.1, -0.05) is 18.2 Å². The number of imide groups is 2. The van der Waals surface area contributed by atoms with Crippen molar-refractivity contribution < 1.29 is 37.5 Å². The van der Waals surface area contributed by atoms with Crippen LogP contribution in [-0.2, 0) is 37.4 Å². The van der Waals surface area contributed by atoms with Crippen LogP contribution in [0.1, 0.15) is 102 Å². The number of hydrogen-bond donors (Lipinski definition) is 5. The van der Waals surface area contributed by atoms with E-state index < -0.39 is 41.5 Å². The van der Waals surface area contributed by atoms with Gasteiger partial charge in [0.1, 0.15) is 11.9 Å². The zero-order valence-electron chi connectivity index (χ0n) is 39.2. The highest BCUT2D eigenvalue weighted by Gasteiger charge is 2.45. The molecule has 19 heteroatoms. The number of alkyl halides is 2. The standard InChI is InChI=1S/C49H63F2N11O6/c1-30(63)60-19-14-38(36(26-60)45(53)61-15-5-7-32-24-37(49(2,28-52)29-54-3)35(44(50)51)25-40(32)61)55-33-12-17-59(18-13-33)42(65)27-58-22-20-57(21-23-58)16-11-31-6-4-8-34-43(31)48(68)62(47(34)67)39-9-10-41(64)56-46(39)66/h4,6,8,24-25,28,33,39,44,52-55H,5,7,9-23,26-27,29H2,1-3H3,(H,56,64,66). The second kappa shape index (κ2) is 20.4. The third-order valence-electron chi connectivity index (χ3n) is 14.7. The van der Waals surface area contributed by atoms with Crippen molar-refractivity contribution in [3.05, 3.63) is 75.0 Å². The second-order valence-electron chi connectivity index (χ2n) is 19.2. The van der Waals surface area contributed by atoms with E-state index in [0.717, 1.165) is 34.8 Å². The molecule has 6 amide bonds. The van der Waals surface area contributed by atoms with Crippen molar-refractivity contribution in [3.8, 4) is 0 Å². The minimum Gasteiger partial charge on any atom is -0.385 e. The van der Waals surface area contributed by atoms with Gasteiger partial charge in [-0.3, -0.25) is 49.3 Å². The van der Waals surface area contributed by atoms with E-state index in [4.69, 9.17) is 5.41 Å². The van der Waals surface area contributed by atoms with Crippen molar-refractivity contribution in [2.45, 2.75) is 89.1 Å². The highest BCUT2D eigenvalue weighted by Crippen LogP contribution is 2.40. The Hall–Kier alpha value is -5.92. The molecule has 0 saturated carbocycles. The molecule has 5 N–H and O–H groups in total. The molecule has 68 heavy (non-hydrogen) atoms. The number of carbonyl (C=O) groups excluding carboxylic acids is 6. The van der Waals surface area contributed by atoms with E-state index in [0.29, 0.717) is 120 Å². The fraction of sp³-hybridized carbons (Fsp3) is 0.551. The summed E-state index contributed by atoms with van der Waals surface area (Å²) in [6, 6.07) is 7.51. The van der Waals surface area contributed by atoms with Crippen LogP contribution in [0.2, 0.25) is 0 Å². The largest absolute Gasteiger partial charge is 0.385 e. The van der Waals surface area contributed by atoms with E-state index in [1.807, 2.05) is 11.0 Å². The first kappa shape index (κ1) is 48.5. The Morgan fingerprint density at radius 1 is 0.926 bits per heavy atom. The molecule has 0 bridgehead atoms. The maximum Gasteiger partial charge on any atom is 0.264 e. The highest BCUT2D eigenvalue weighted by atomic mass is 19.3. The summed E-state index contributed by atoms with van der Waals surface area (Å²) >= 11 is 0. The van der Waals surface area contributed by atoms with Crippen molar-refractivity contribution in [2.75, 3.05) is 90.5 Å². The molecule has 3 fully saturated rings. The van der Waals surface area contributed by atoms with Crippen LogP contribution in [0.4, 0.5) is 14.5 Å². The van der Waals surface area contributed by atoms with Crippen molar-refractivity contribution in [1.82, 2.24) is 40.4 Å². The number of anilines is 1. The average Bonchev–Trinajstić information content (AvgIpc) is 3.59. The fourth-order valence-electron chi connectivity index (χ4n) is 10.8. The van der Waals surface area contributed by atoms with Crippen molar-refractivity contribution in [2.24, 2.45) is 0 Å². The molecule has 2 atom stereocenters. The van der Waals surface area contributed by atoms with E-state index in [-0.39, 0.29) is 54.2 Å². The molecule has 6 heterocycles. The Kier molecular flexibility index (Phi) is 14.5. The Morgan fingerprint density at radius 2 is 1.66 bits per heavy atom. The molecule has 0 spiro atoms. The summed E-state index contributed by atoms with van der Waals surface area (Å²) in [5.74, 6) is -1.93. The first-order valence-corrected chi connectivity index (χ1v) is 23.9. The molecule has 2 aromatic rings. The number of likely N-dealkylation sites (N-methyl/N-ethyl adjacent to an activating group) is 1. The molecular formula is C49H63F2N11O6. The number of likely N-dealkylation sites (tertiary alicyclic amines) is 1. The maximum absolute atomic E-state index is 14.8. The summed E-state index contributed by atoms with van der Waals surface area (Å²) in [5, 5.41) is 26.7. The third-order valence-corrected chi connectivity index (χ3v) is 14.7. The lowest BCUT2D eigenvalue weighted by atomic mass is 9.78. The van der Waals surface area contributed by atoms with Gasteiger partial charge in [0, 0.05) is 125 Å². The van der Waals surface area contributed by atoms with Gasteiger partial charge in [-0.2, -0.15) is 0 Å². The molecule has 3 saturated heterocycles. The van der Waals surface area contributed by atoms with E-state index >= 15 is 0 Å². The molecule has 17 nitrogen and oxygen atoms in total. The van der Waals surface area contributed by atoms with E-state index in [1.54, 1.807) is 42.0 Å². The Morgan fingerprint density at radius 3 is 2.34 bits per heavy atom. The highest BCUT2D eigenvalue weighted by molar-refractivity contribution is 6.24. The maximum atomic E-state index is 14.8. The van der Waals surface area contributed by atoms with Crippen LogP contribution < -0.4 is 20.9 Å². The van der Waals surface area contributed by atoms with E-state index in [9.17, 15) is 43.0 Å². The molecule has 8 rings (SSSR count). The number of piperazine rings is 1. The number of fused-ring (bicyclic) bond motifs is 2. The number of rotatable bonds is 14. The Bertz CT molecular complexity index is 2410. The quantitative estimate of drug-likeness (QED) is 0.106. The summed E-state index contributed by atoms with van der Waals surface area (Å²) in [5.41, 5.74) is 3.58. The minimum absolute atomic E-state index is 0.0386. The van der Waals surface area contributed by atoms with E-state index in [1.165, 1.54) is 19.2 Å². The normalized spacial score (nSPS) is 21.8. The average molecular weight is 940 g/mol. The predicted octanol–water partition coefficient (Wildman–Crippen LogP) is 2.83. The van der Waals surface area contributed by atoms with Gasteiger partial charge in [-0.25, -0.2) is 8.78 Å². The first-order chi connectivity index (χ1) is 32.6. The molecule has 0 aliphatic carbocycles. The summed E-state index contributed by atoms with van der Waals surface area (Å²) in [6.45, 7) is 9.74. The van der Waals surface area contributed by atoms with Crippen LogP contribution in [0.25, 0.3) is 0 Å². The van der Waals surface area contributed by atoms with Crippen LogP contribution in [0, 0.1) is 10.8 Å². The number of amidine groups is 1. The van der Waals surface area contributed by atoms with Gasteiger partial charge in [0.15, 0.2) is 0 Å². The second-order valence-corrected chi connectivity index (χ2v) is 19.2. The summed E-state index contributed by atoms with van der Waals surface area (Å²) < 4.78 is 29.5. The van der Waals surface area contributed by atoms with Gasteiger partial charge in [0.05, 0.1) is 24.2 Å². The molecule has 0 aromatic heterocycles. The third kappa shape index (κ3) is 9.83. The number of nitrogens with zero attached hydrogens (tertiary/aromatic N) is 6. The van der Waals surface area contributed by atoms with Crippen molar-refractivity contribution >= 4 is 53.2 Å². The van der Waals surface area contributed by atoms with Crippen LogP contribution in [-0.4, -0.2) is 170 Å². The summed E-state index contributed by atoms with van der Waals surface area (Å²) in [4.78, 5) is 88.2. The molecular weight excluding hydrogens is 877 g/mol. The number of carbonyl (C=O) groups is 6. The predicted molar refractivity (Wildman–Crippen MR) is 251 cm³/mol. The fourth-order valence-corrected chi connectivity index (χ4v) is 10.8. The van der Waals surface area contributed by atoms with Gasteiger partial charge < -0.3 is 35.6 Å². The number of benzene rings is 2. The van der Waals surface area contributed by atoms with Crippen LogP contribution in [0.3, 0.4) is 0 Å². The van der Waals surface area contributed by atoms with Gasteiger partial charge in [-0.05, 0) is 81.3 Å². The van der Waals surface area contributed by atoms with Crippen LogP contribution >= 0.6 is 0 Å². The molecule has 0 radical (unpaired) electrons. The lowest BCUT2D eigenvalue weighted by Gasteiger charge is -2.40. The van der Waals surface area contributed by atoms with Crippen molar-refractivity contribution in [1.29, 1.82) is 10.8 Å². The zero-order valence-corrected chi connectivity index (χ0v) is 39.2. The van der Waals surface area contributed by atoms with Gasteiger partial charge in [0.2, 0.25) is 23.6 Å². The number of nitrogens with one attached hydrogen (secondary N) is 5. The molecule has 2 aromatic carbocycles. The number of aryl methyl sites for hydroxylation is 1. The van der Waals surface area contributed by atoms with Gasteiger partial charge in [0.25, 0.3) is 18.2 Å². The number of halogens is 2. The monoisotopic (exact) mass is 939 g/mol. The van der Waals surface area contributed by atoms with Gasteiger partial charge in [-0.15, -0.1) is 0 Å². The molecule has 364 valence electrons. The number of hydrogen-bond acceptors (Lipinski definition) is 12. The lowest BCUT2D eigenvalue weighted by molar-refractivity contribution is -0.136. The lowest BCUT2D eigenvalue weighted by Crippen LogP contribution is -2.54. The summed E-state index contributed by atoms with van der Waals surface area (Å²) in [7, 11) is 1.73. The van der Waals surface area contributed by atoms with Gasteiger partial charge >= 0.3 is 0 Å². The topological polar surface area (TPSA) is 206 Å². The zero-order chi connectivity index (χ0) is 48.4. The van der Waals surface area contributed by atoms with Crippen LogP contribution in [0.15, 0.2) is 41.6 Å². The molecule has 2 unspecified atom stereocenters. The number of piperidine rings is 2. The Labute approximate surface area is 395 Å². The van der Waals surface area contributed by atoms with Crippen LogP contribution in [0.5, 0.6) is 0 Å². The molecule has 6 aliphatic heterocycles. The first-order valence-electron chi connectivity index (χ1n) is 23.9. The summed E-state index contributed by atoms with van der Waals surface area (Å²) in [6.07, 6.45) is 2.41. The number of amides is 6. The molecule has 6 aliphatic rings. The smallest absolute Gasteiger partial charge is 0.264 e. The van der Waals surface area contributed by atoms with Crippen molar-refractivity contribution in [3.63, 3.8) is 0 Å². The van der Waals surface area contributed by atoms with E-state index in [2.05, 4.69) is 25.8 Å². The minimum atomic E-state index is -2.78.